The summed E-state index contributed by atoms with van der Waals surface area (Å²) in [5, 5.41) is 3.40. The molecular formula is C21H34IN3O3. The molecular weight excluding hydrogens is 469 g/mol. The third-order valence-corrected chi connectivity index (χ3v) is 5.03. The lowest BCUT2D eigenvalue weighted by atomic mass is 10.1. The Bertz CT molecular complexity index is 663. The van der Waals surface area contributed by atoms with Gasteiger partial charge in [-0.2, -0.15) is 0 Å². The van der Waals surface area contributed by atoms with Gasteiger partial charge in [0.15, 0.2) is 5.96 Å². The van der Waals surface area contributed by atoms with E-state index >= 15 is 0 Å². The smallest absolute Gasteiger partial charge is 0.193 e. The van der Waals surface area contributed by atoms with Crippen LogP contribution < -0.4 is 14.8 Å². The van der Waals surface area contributed by atoms with Crippen molar-refractivity contribution in [2.24, 2.45) is 10.9 Å². The standard InChI is InChI=1S/C21H33N3O3.HI/c1-5-22-21(24(4)13-16-7-8-25-14-16)23-12-18-11-20-17(9-15(3)27-20)10-19(18)26-6-2;/h10-11,15-16H,5-9,12-14H2,1-4H3,(H,22,23);1H. The van der Waals surface area contributed by atoms with Gasteiger partial charge in [-0.1, -0.05) is 0 Å². The number of nitrogens with one attached hydrogen (secondary N) is 1. The molecule has 28 heavy (non-hydrogen) atoms. The Kier molecular flexibility index (Phi) is 9.14. The summed E-state index contributed by atoms with van der Waals surface area (Å²) >= 11 is 0. The molecule has 0 spiro atoms. The fraction of sp³-hybridized carbons (Fsp3) is 0.667. The van der Waals surface area contributed by atoms with Crippen molar-refractivity contribution in [1.29, 1.82) is 0 Å². The van der Waals surface area contributed by atoms with E-state index in [4.69, 9.17) is 19.2 Å². The van der Waals surface area contributed by atoms with Crippen LogP contribution in [0.2, 0.25) is 0 Å². The van der Waals surface area contributed by atoms with Crippen molar-refractivity contribution >= 4 is 29.9 Å². The molecule has 158 valence electrons. The lowest BCUT2D eigenvalue weighted by Crippen LogP contribution is -2.41. The van der Waals surface area contributed by atoms with Crippen molar-refractivity contribution in [1.82, 2.24) is 10.2 Å². The zero-order chi connectivity index (χ0) is 19.2. The lowest BCUT2D eigenvalue weighted by Gasteiger charge is -2.24. The van der Waals surface area contributed by atoms with E-state index in [1.807, 2.05) is 6.92 Å². The zero-order valence-electron chi connectivity index (χ0n) is 17.5. The first-order valence-corrected chi connectivity index (χ1v) is 10.1. The highest BCUT2D eigenvalue weighted by molar-refractivity contribution is 14.0. The van der Waals surface area contributed by atoms with Crippen LogP contribution in [-0.2, 0) is 17.7 Å². The third-order valence-electron chi connectivity index (χ3n) is 5.03. The third kappa shape index (κ3) is 5.89. The molecule has 2 heterocycles. The Hall–Kier alpha value is -1.22. The highest BCUT2D eigenvalue weighted by atomic mass is 127. The number of nitrogens with zero attached hydrogens (tertiary/aromatic N) is 2. The van der Waals surface area contributed by atoms with Crippen LogP contribution in [0.5, 0.6) is 11.5 Å². The van der Waals surface area contributed by atoms with Gasteiger partial charge in [0.1, 0.15) is 17.6 Å². The molecule has 2 atom stereocenters. The average molecular weight is 503 g/mol. The van der Waals surface area contributed by atoms with E-state index in [0.717, 1.165) is 62.2 Å². The number of aliphatic imine (C=N–C) groups is 1. The molecule has 0 amide bonds. The second kappa shape index (κ2) is 11.1. The molecule has 2 aliphatic rings. The van der Waals surface area contributed by atoms with Crippen molar-refractivity contribution in [3.05, 3.63) is 23.3 Å². The van der Waals surface area contributed by atoms with Crippen LogP contribution in [-0.4, -0.2) is 56.9 Å². The van der Waals surface area contributed by atoms with Gasteiger partial charge in [0.2, 0.25) is 0 Å². The summed E-state index contributed by atoms with van der Waals surface area (Å²) in [6, 6.07) is 4.22. The lowest BCUT2D eigenvalue weighted by molar-refractivity contribution is 0.181. The Balaban J connectivity index is 0.00000280. The van der Waals surface area contributed by atoms with Crippen molar-refractivity contribution in [3.63, 3.8) is 0 Å². The summed E-state index contributed by atoms with van der Waals surface area (Å²) in [5.74, 6) is 3.38. The van der Waals surface area contributed by atoms with Crippen molar-refractivity contribution in [2.45, 2.75) is 46.3 Å². The van der Waals surface area contributed by atoms with Gasteiger partial charge in [-0.05, 0) is 39.3 Å². The number of fused-ring (bicyclic) bond motifs is 1. The van der Waals surface area contributed by atoms with E-state index in [-0.39, 0.29) is 30.1 Å². The molecule has 0 saturated carbocycles. The molecule has 0 aromatic heterocycles. The first kappa shape index (κ1) is 23.1. The summed E-state index contributed by atoms with van der Waals surface area (Å²) < 4.78 is 17.3. The van der Waals surface area contributed by atoms with E-state index in [9.17, 15) is 0 Å². The largest absolute Gasteiger partial charge is 0.494 e. The Labute approximate surface area is 186 Å². The molecule has 7 heteroatoms. The second-order valence-corrected chi connectivity index (χ2v) is 7.41. The maximum Gasteiger partial charge on any atom is 0.193 e. The van der Waals surface area contributed by atoms with Gasteiger partial charge in [0.05, 0.1) is 19.8 Å². The Morgan fingerprint density at radius 3 is 2.86 bits per heavy atom. The fourth-order valence-electron chi connectivity index (χ4n) is 3.73. The molecule has 3 rings (SSSR count). The molecule has 2 unspecified atom stereocenters. The van der Waals surface area contributed by atoms with E-state index < -0.39 is 0 Å². The second-order valence-electron chi connectivity index (χ2n) is 7.41. The highest BCUT2D eigenvalue weighted by Crippen LogP contribution is 2.35. The van der Waals surface area contributed by atoms with Crippen LogP contribution in [0.3, 0.4) is 0 Å². The molecule has 0 radical (unpaired) electrons. The molecule has 1 aromatic rings. The first-order chi connectivity index (χ1) is 13.1. The van der Waals surface area contributed by atoms with Gasteiger partial charge in [-0.25, -0.2) is 4.99 Å². The monoisotopic (exact) mass is 503 g/mol. The Morgan fingerprint density at radius 1 is 1.36 bits per heavy atom. The minimum atomic E-state index is 0. The first-order valence-electron chi connectivity index (χ1n) is 10.1. The predicted octanol–water partition coefficient (Wildman–Crippen LogP) is 3.46. The number of halogens is 1. The number of rotatable bonds is 7. The molecule has 1 fully saturated rings. The summed E-state index contributed by atoms with van der Waals surface area (Å²) in [5.41, 5.74) is 2.29. The number of ether oxygens (including phenoxy) is 3. The van der Waals surface area contributed by atoms with Gasteiger partial charge < -0.3 is 24.4 Å². The van der Waals surface area contributed by atoms with Crippen LogP contribution in [0.4, 0.5) is 0 Å². The molecule has 0 bridgehead atoms. The molecule has 6 nitrogen and oxygen atoms in total. The summed E-state index contributed by atoms with van der Waals surface area (Å²) in [4.78, 5) is 7.07. The number of hydrogen-bond donors (Lipinski definition) is 1. The Morgan fingerprint density at radius 2 is 2.18 bits per heavy atom. The average Bonchev–Trinajstić information content (AvgIpc) is 3.26. The summed E-state index contributed by atoms with van der Waals surface area (Å²) in [7, 11) is 2.09. The minimum absolute atomic E-state index is 0. The molecule has 1 N–H and O–H groups in total. The van der Waals surface area contributed by atoms with E-state index in [0.29, 0.717) is 19.1 Å². The van der Waals surface area contributed by atoms with Gasteiger partial charge in [0, 0.05) is 50.2 Å². The molecule has 1 aromatic carbocycles. The van der Waals surface area contributed by atoms with Gasteiger partial charge in [-0.3, -0.25) is 0 Å². The van der Waals surface area contributed by atoms with Crippen molar-refractivity contribution in [2.75, 3.05) is 40.0 Å². The van der Waals surface area contributed by atoms with E-state index in [1.165, 1.54) is 5.56 Å². The van der Waals surface area contributed by atoms with Crippen molar-refractivity contribution < 1.29 is 14.2 Å². The van der Waals surface area contributed by atoms with Crippen LogP contribution >= 0.6 is 24.0 Å². The van der Waals surface area contributed by atoms with Gasteiger partial charge in [0.25, 0.3) is 0 Å². The fourth-order valence-corrected chi connectivity index (χ4v) is 3.73. The maximum absolute atomic E-state index is 5.93. The van der Waals surface area contributed by atoms with Gasteiger partial charge >= 0.3 is 0 Å². The number of benzene rings is 1. The van der Waals surface area contributed by atoms with Gasteiger partial charge in [-0.15, -0.1) is 24.0 Å². The SMILES string of the molecule is CCNC(=NCc1cc2c(cc1OCC)CC(C)O2)N(C)CC1CCOC1.I. The quantitative estimate of drug-likeness (QED) is 0.351. The van der Waals surface area contributed by atoms with Crippen molar-refractivity contribution in [3.8, 4) is 11.5 Å². The molecule has 0 aliphatic carbocycles. The summed E-state index contributed by atoms with van der Waals surface area (Å²) in [6.45, 7) is 10.9. The highest BCUT2D eigenvalue weighted by Gasteiger charge is 2.22. The predicted molar refractivity (Wildman–Crippen MR) is 123 cm³/mol. The topological polar surface area (TPSA) is 55.3 Å². The van der Waals surface area contributed by atoms with Crippen LogP contribution in [0.1, 0.15) is 38.3 Å². The number of hydrogen-bond acceptors (Lipinski definition) is 4. The molecule has 1 saturated heterocycles. The van der Waals surface area contributed by atoms with E-state index in [1.54, 1.807) is 0 Å². The van der Waals surface area contributed by atoms with Crippen LogP contribution in [0.25, 0.3) is 0 Å². The van der Waals surface area contributed by atoms with Crippen LogP contribution in [0, 0.1) is 5.92 Å². The van der Waals surface area contributed by atoms with Crippen LogP contribution in [0.15, 0.2) is 17.1 Å². The number of guanidine groups is 1. The summed E-state index contributed by atoms with van der Waals surface area (Å²) in [6.07, 6.45) is 2.29. The normalized spacial score (nSPS) is 20.9. The van der Waals surface area contributed by atoms with E-state index in [2.05, 4.69) is 43.2 Å². The molecule has 2 aliphatic heterocycles. The zero-order valence-corrected chi connectivity index (χ0v) is 19.8. The maximum atomic E-state index is 5.93. The minimum Gasteiger partial charge on any atom is -0.494 e.